The Morgan fingerprint density at radius 3 is 2.16 bits per heavy atom. The number of ether oxygens (including phenoxy) is 1. The maximum Gasteiger partial charge on any atom is 0.408 e. The fourth-order valence-electron chi connectivity index (χ4n) is 4.21. The summed E-state index contributed by atoms with van der Waals surface area (Å²) in [5, 5.41) is 14.5. The van der Waals surface area contributed by atoms with E-state index in [-0.39, 0.29) is 12.5 Å². The van der Waals surface area contributed by atoms with Gasteiger partial charge in [0.25, 0.3) is 0 Å². The average molecular weight is 422 g/mol. The van der Waals surface area contributed by atoms with Crippen LogP contribution in [0.25, 0.3) is 11.1 Å². The smallest absolute Gasteiger partial charge is 0.408 e. The van der Waals surface area contributed by atoms with Crippen LogP contribution in [0.5, 0.6) is 0 Å². The minimum Gasteiger partial charge on any atom is -0.480 e. The zero-order valence-corrected chi connectivity index (χ0v) is 17.4. The quantitative estimate of drug-likeness (QED) is 0.605. The first-order valence-corrected chi connectivity index (χ1v) is 10.6. The molecule has 7 nitrogen and oxygen atoms in total. The van der Waals surface area contributed by atoms with Crippen molar-refractivity contribution in [2.75, 3.05) is 6.61 Å². The molecule has 0 bridgehead atoms. The molecule has 4 rings (SSSR count). The van der Waals surface area contributed by atoms with Gasteiger partial charge in [-0.1, -0.05) is 61.9 Å². The standard InChI is InChI=1S/C24H26N2O5/c1-2-7-20(21(27)28)25-22(29)24(12-13-24)26-23(30)31-14-19-17-10-5-3-8-15(17)16-9-4-6-11-18(16)19/h3-6,8-11,19-20H,2,7,12-14H2,1H3,(H,25,29)(H,26,30)(H,27,28)/t20-/m0/s1. The molecule has 0 unspecified atom stereocenters. The third-order valence-corrected chi connectivity index (χ3v) is 6.05. The first-order valence-electron chi connectivity index (χ1n) is 10.6. The Morgan fingerprint density at radius 2 is 1.65 bits per heavy atom. The van der Waals surface area contributed by atoms with Gasteiger partial charge in [-0.3, -0.25) is 4.79 Å². The molecule has 2 amide bonds. The van der Waals surface area contributed by atoms with Crippen LogP contribution in [-0.4, -0.2) is 41.3 Å². The van der Waals surface area contributed by atoms with Gasteiger partial charge in [-0.15, -0.1) is 0 Å². The molecule has 3 N–H and O–H groups in total. The number of carboxylic acid groups (broad SMARTS) is 1. The van der Waals surface area contributed by atoms with Crippen LogP contribution >= 0.6 is 0 Å². The highest BCUT2D eigenvalue weighted by atomic mass is 16.5. The summed E-state index contributed by atoms with van der Waals surface area (Å²) >= 11 is 0. The van der Waals surface area contributed by atoms with Gasteiger partial charge >= 0.3 is 12.1 Å². The van der Waals surface area contributed by atoms with E-state index in [0.29, 0.717) is 25.7 Å². The summed E-state index contributed by atoms with van der Waals surface area (Å²) in [6.45, 7) is 2.01. The van der Waals surface area contributed by atoms with Gasteiger partial charge < -0.3 is 20.5 Å². The van der Waals surface area contributed by atoms with Crippen LogP contribution in [0.1, 0.15) is 49.7 Å². The predicted molar refractivity (Wildman–Crippen MR) is 115 cm³/mol. The van der Waals surface area contributed by atoms with E-state index in [4.69, 9.17) is 4.74 Å². The number of alkyl carbamates (subject to hydrolysis) is 1. The number of carboxylic acids is 1. The molecule has 1 atom stereocenters. The van der Waals surface area contributed by atoms with Crippen molar-refractivity contribution < 1.29 is 24.2 Å². The zero-order chi connectivity index (χ0) is 22.0. The highest BCUT2D eigenvalue weighted by Gasteiger charge is 2.52. The molecule has 0 saturated heterocycles. The number of amides is 2. The lowest BCUT2D eigenvalue weighted by atomic mass is 9.98. The van der Waals surface area contributed by atoms with Gasteiger partial charge in [-0.25, -0.2) is 9.59 Å². The van der Waals surface area contributed by atoms with Crippen molar-refractivity contribution in [3.05, 3.63) is 59.7 Å². The zero-order valence-electron chi connectivity index (χ0n) is 17.4. The molecule has 2 aromatic carbocycles. The number of benzene rings is 2. The van der Waals surface area contributed by atoms with Crippen LogP contribution in [0.4, 0.5) is 4.79 Å². The first-order chi connectivity index (χ1) is 14.9. The Kier molecular flexibility index (Phi) is 5.67. The largest absolute Gasteiger partial charge is 0.480 e. The number of nitrogens with one attached hydrogen (secondary N) is 2. The van der Waals surface area contributed by atoms with E-state index in [1.165, 1.54) is 0 Å². The monoisotopic (exact) mass is 422 g/mol. The number of fused-ring (bicyclic) bond motifs is 3. The average Bonchev–Trinajstić information content (AvgIpc) is 3.47. The van der Waals surface area contributed by atoms with Gasteiger partial charge in [0.2, 0.25) is 5.91 Å². The van der Waals surface area contributed by atoms with E-state index >= 15 is 0 Å². The number of hydrogen-bond donors (Lipinski definition) is 3. The summed E-state index contributed by atoms with van der Waals surface area (Å²) in [5.41, 5.74) is 3.42. The molecule has 2 aromatic rings. The SMILES string of the molecule is CCC[C@H](NC(=O)C1(NC(=O)OCC2c3ccccc3-c3ccccc32)CC1)C(=O)O. The maximum absolute atomic E-state index is 12.6. The number of hydrogen-bond acceptors (Lipinski definition) is 4. The Bertz CT molecular complexity index is 969. The molecule has 2 aliphatic rings. The second-order valence-electron chi connectivity index (χ2n) is 8.19. The van der Waals surface area contributed by atoms with Crippen LogP contribution in [0.3, 0.4) is 0 Å². The molecular weight excluding hydrogens is 396 g/mol. The lowest BCUT2D eigenvalue weighted by Crippen LogP contribution is -2.53. The Hall–Kier alpha value is -3.35. The fourth-order valence-corrected chi connectivity index (χ4v) is 4.21. The lowest BCUT2D eigenvalue weighted by molar-refractivity contribution is -0.142. The number of carbonyl (C=O) groups is 3. The summed E-state index contributed by atoms with van der Waals surface area (Å²) < 4.78 is 5.52. The molecule has 1 fully saturated rings. The second kappa shape index (κ2) is 8.41. The molecule has 0 aliphatic heterocycles. The molecule has 162 valence electrons. The third-order valence-electron chi connectivity index (χ3n) is 6.05. The van der Waals surface area contributed by atoms with E-state index in [2.05, 4.69) is 22.8 Å². The normalized spacial score (nSPS) is 16.5. The van der Waals surface area contributed by atoms with Crippen molar-refractivity contribution >= 4 is 18.0 Å². The van der Waals surface area contributed by atoms with Gasteiger partial charge in [0.15, 0.2) is 0 Å². The van der Waals surface area contributed by atoms with Crippen molar-refractivity contribution in [3.8, 4) is 11.1 Å². The lowest BCUT2D eigenvalue weighted by Gasteiger charge is -2.21. The molecular formula is C24H26N2O5. The van der Waals surface area contributed by atoms with Crippen LogP contribution in [0.15, 0.2) is 48.5 Å². The van der Waals surface area contributed by atoms with Crippen LogP contribution in [0, 0.1) is 0 Å². The minimum atomic E-state index is -1.08. The molecule has 0 radical (unpaired) electrons. The summed E-state index contributed by atoms with van der Waals surface area (Å²) in [6.07, 6.45) is 1.21. The number of rotatable bonds is 8. The summed E-state index contributed by atoms with van der Waals surface area (Å²) in [4.78, 5) is 36.4. The Balaban J connectivity index is 1.39. The molecule has 31 heavy (non-hydrogen) atoms. The number of carbonyl (C=O) groups excluding carboxylic acids is 2. The van der Waals surface area contributed by atoms with Crippen molar-refractivity contribution in [1.29, 1.82) is 0 Å². The Labute approximate surface area is 180 Å². The van der Waals surface area contributed by atoms with E-state index in [1.54, 1.807) is 0 Å². The van der Waals surface area contributed by atoms with Crippen molar-refractivity contribution in [2.24, 2.45) is 0 Å². The third kappa shape index (κ3) is 4.13. The highest BCUT2D eigenvalue weighted by molar-refractivity contribution is 5.95. The van der Waals surface area contributed by atoms with Gasteiger partial charge in [0.05, 0.1) is 0 Å². The van der Waals surface area contributed by atoms with Gasteiger partial charge in [-0.05, 0) is 41.5 Å². The first kappa shape index (κ1) is 20.9. The maximum atomic E-state index is 12.6. The predicted octanol–water partition coefficient (Wildman–Crippen LogP) is 3.43. The molecule has 0 heterocycles. The summed E-state index contributed by atoms with van der Waals surface area (Å²) in [5.74, 6) is -1.61. The number of aliphatic carboxylic acids is 1. The second-order valence-corrected chi connectivity index (χ2v) is 8.19. The van der Waals surface area contributed by atoms with E-state index in [9.17, 15) is 19.5 Å². The van der Waals surface area contributed by atoms with Crippen LogP contribution in [-0.2, 0) is 14.3 Å². The summed E-state index contributed by atoms with van der Waals surface area (Å²) in [6, 6.07) is 15.2. The molecule has 7 heteroatoms. The molecule has 1 saturated carbocycles. The highest BCUT2D eigenvalue weighted by Crippen LogP contribution is 2.44. The van der Waals surface area contributed by atoms with Crippen LogP contribution in [0.2, 0.25) is 0 Å². The van der Waals surface area contributed by atoms with Gasteiger partial charge in [-0.2, -0.15) is 0 Å². The summed E-state index contributed by atoms with van der Waals surface area (Å²) in [7, 11) is 0. The van der Waals surface area contributed by atoms with Crippen molar-refractivity contribution in [3.63, 3.8) is 0 Å². The molecule has 2 aliphatic carbocycles. The van der Waals surface area contributed by atoms with E-state index in [0.717, 1.165) is 22.3 Å². The van der Waals surface area contributed by atoms with Crippen LogP contribution < -0.4 is 10.6 Å². The van der Waals surface area contributed by atoms with Gasteiger partial charge in [0, 0.05) is 5.92 Å². The van der Waals surface area contributed by atoms with Crippen molar-refractivity contribution in [2.45, 2.75) is 50.1 Å². The minimum absolute atomic E-state index is 0.0666. The van der Waals surface area contributed by atoms with E-state index in [1.807, 2.05) is 43.3 Å². The Morgan fingerprint density at radius 1 is 1.06 bits per heavy atom. The fraction of sp³-hybridized carbons (Fsp3) is 0.375. The topological polar surface area (TPSA) is 105 Å². The van der Waals surface area contributed by atoms with Gasteiger partial charge in [0.1, 0.15) is 18.2 Å². The molecule has 0 spiro atoms. The molecule has 0 aromatic heterocycles. The van der Waals surface area contributed by atoms with E-state index < -0.39 is 29.6 Å². The van der Waals surface area contributed by atoms with Crippen molar-refractivity contribution in [1.82, 2.24) is 10.6 Å².